The quantitative estimate of drug-likeness (QED) is 0.732. The maximum absolute atomic E-state index is 11.4. The van der Waals surface area contributed by atoms with Crippen LogP contribution in [0, 0.1) is 0 Å². The third-order valence-electron chi connectivity index (χ3n) is 3.84. The Kier molecular flexibility index (Phi) is 4.62. The van der Waals surface area contributed by atoms with Gasteiger partial charge in [0.15, 0.2) is 0 Å². The minimum atomic E-state index is 0.0981. The van der Waals surface area contributed by atoms with Crippen molar-refractivity contribution in [3.63, 3.8) is 0 Å². The molecule has 0 radical (unpaired) electrons. The van der Waals surface area contributed by atoms with Crippen molar-refractivity contribution in [1.82, 2.24) is 20.4 Å². The van der Waals surface area contributed by atoms with Crippen LogP contribution in [0.4, 0.5) is 4.79 Å². The Hall–Kier alpha value is -0.810. The predicted octanol–water partition coefficient (Wildman–Crippen LogP) is 0.0855. The first-order valence-corrected chi connectivity index (χ1v) is 6.71. The van der Waals surface area contributed by atoms with Gasteiger partial charge in [-0.2, -0.15) is 0 Å². The summed E-state index contributed by atoms with van der Waals surface area (Å²) in [6, 6.07) is 0.775. The molecule has 1 unspecified atom stereocenters. The van der Waals surface area contributed by atoms with Crippen molar-refractivity contribution in [3.05, 3.63) is 0 Å². The van der Waals surface area contributed by atoms with Gasteiger partial charge in [0, 0.05) is 32.2 Å². The molecule has 2 heterocycles. The largest absolute Gasteiger partial charge is 0.336 e. The third kappa shape index (κ3) is 3.57. The maximum Gasteiger partial charge on any atom is 0.317 e. The van der Waals surface area contributed by atoms with Gasteiger partial charge in [0.25, 0.3) is 0 Å². The van der Waals surface area contributed by atoms with Gasteiger partial charge >= 0.3 is 6.03 Å². The fraction of sp³-hybridized carbons (Fsp3) is 0.917. The lowest BCUT2D eigenvalue weighted by atomic mass is 10.1. The zero-order chi connectivity index (χ0) is 12.1. The van der Waals surface area contributed by atoms with Crippen molar-refractivity contribution in [3.8, 4) is 0 Å². The number of carbonyl (C=O) groups is 1. The van der Waals surface area contributed by atoms with Crippen LogP contribution in [-0.4, -0.2) is 68.2 Å². The van der Waals surface area contributed by atoms with Crippen molar-refractivity contribution in [2.45, 2.75) is 25.3 Å². The molecular weight excluding hydrogens is 216 g/mol. The monoisotopic (exact) mass is 240 g/mol. The van der Waals surface area contributed by atoms with E-state index in [4.69, 9.17) is 0 Å². The van der Waals surface area contributed by atoms with E-state index in [0.717, 1.165) is 39.3 Å². The lowest BCUT2D eigenvalue weighted by Crippen LogP contribution is -2.40. The first-order chi connectivity index (χ1) is 8.27. The molecule has 2 aliphatic rings. The summed E-state index contributed by atoms with van der Waals surface area (Å²) in [6.07, 6.45) is 3.76. The Morgan fingerprint density at radius 1 is 1.35 bits per heavy atom. The van der Waals surface area contributed by atoms with Crippen molar-refractivity contribution < 1.29 is 4.79 Å². The van der Waals surface area contributed by atoms with E-state index in [2.05, 4.69) is 22.6 Å². The SMILES string of the molecule is CN(CCN1CCNC1=O)C1CCCNCC1. The molecular formula is C12H24N4O. The number of hydrogen-bond donors (Lipinski definition) is 2. The average molecular weight is 240 g/mol. The fourth-order valence-electron chi connectivity index (χ4n) is 2.63. The van der Waals surface area contributed by atoms with Crippen molar-refractivity contribution in [1.29, 1.82) is 0 Å². The highest BCUT2D eigenvalue weighted by Crippen LogP contribution is 2.11. The van der Waals surface area contributed by atoms with Gasteiger partial charge in [-0.3, -0.25) is 0 Å². The van der Waals surface area contributed by atoms with Crippen molar-refractivity contribution in [2.75, 3.05) is 46.3 Å². The van der Waals surface area contributed by atoms with Crippen LogP contribution < -0.4 is 10.6 Å². The Morgan fingerprint density at radius 2 is 2.24 bits per heavy atom. The van der Waals surface area contributed by atoms with Crippen LogP contribution in [0.1, 0.15) is 19.3 Å². The number of urea groups is 1. The first-order valence-electron chi connectivity index (χ1n) is 6.71. The first kappa shape index (κ1) is 12.6. The standard InChI is InChI=1S/C12H24N4O/c1-15(11-3-2-5-13-6-4-11)9-10-16-8-7-14-12(16)17/h11,13H,2-10H2,1H3,(H,14,17). The van der Waals surface area contributed by atoms with Gasteiger partial charge in [0.2, 0.25) is 0 Å². The molecule has 17 heavy (non-hydrogen) atoms. The molecule has 2 aliphatic heterocycles. The molecule has 1 atom stereocenters. The molecule has 5 heteroatoms. The lowest BCUT2D eigenvalue weighted by molar-refractivity contribution is 0.186. The zero-order valence-corrected chi connectivity index (χ0v) is 10.7. The number of likely N-dealkylation sites (N-methyl/N-ethyl adjacent to an activating group) is 1. The smallest absolute Gasteiger partial charge is 0.317 e. The topological polar surface area (TPSA) is 47.6 Å². The van der Waals surface area contributed by atoms with Crippen LogP contribution in [-0.2, 0) is 0 Å². The van der Waals surface area contributed by atoms with Gasteiger partial charge in [-0.05, 0) is 39.4 Å². The summed E-state index contributed by atoms with van der Waals surface area (Å²) in [5, 5.41) is 6.28. The van der Waals surface area contributed by atoms with Gasteiger partial charge in [-0.25, -0.2) is 4.79 Å². The summed E-state index contributed by atoms with van der Waals surface area (Å²) in [7, 11) is 2.18. The summed E-state index contributed by atoms with van der Waals surface area (Å²) in [4.78, 5) is 15.7. The molecule has 0 saturated carbocycles. The molecule has 0 spiro atoms. The number of carbonyl (C=O) groups excluding carboxylic acids is 1. The fourth-order valence-corrected chi connectivity index (χ4v) is 2.63. The normalized spacial score (nSPS) is 26.1. The van der Waals surface area contributed by atoms with Crippen LogP contribution in [0.3, 0.4) is 0 Å². The molecule has 0 aromatic carbocycles. The highest BCUT2D eigenvalue weighted by molar-refractivity contribution is 5.76. The summed E-state index contributed by atoms with van der Waals surface area (Å²) < 4.78 is 0. The van der Waals surface area contributed by atoms with Crippen LogP contribution in [0.15, 0.2) is 0 Å². The summed E-state index contributed by atoms with van der Waals surface area (Å²) >= 11 is 0. The number of amides is 2. The van der Waals surface area contributed by atoms with E-state index in [1.165, 1.54) is 19.3 Å². The minimum absolute atomic E-state index is 0.0981. The number of rotatable bonds is 4. The molecule has 98 valence electrons. The Balaban J connectivity index is 1.72. The molecule has 2 rings (SSSR count). The van der Waals surface area contributed by atoms with E-state index in [1.54, 1.807) is 0 Å². The van der Waals surface area contributed by atoms with Crippen LogP contribution in [0.25, 0.3) is 0 Å². The molecule has 0 aromatic rings. The van der Waals surface area contributed by atoms with Gasteiger partial charge < -0.3 is 20.4 Å². The average Bonchev–Trinajstić information content (AvgIpc) is 2.58. The molecule has 0 aliphatic carbocycles. The highest BCUT2D eigenvalue weighted by atomic mass is 16.2. The van der Waals surface area contributed by atoms with Gasteiger partial charge in [0.1, 0.15) is 0 Å². The van der Waals surface area contributed by atoms with Crippen molar-refractivity contribution >= 4 is 6.03 Å². The van der Waals surface area contributed by atoms with Crippen LogP contribution in [0.5, 0.6) is 0 Å². The van der Waals surface area contributed by atoms with E-state index < -0.39 is 0 Å². The predicted molar refractivity (Wildman–Crippen MR) is 68.1 cm³/mol. The van der Waals surface area contributed by atoms with Crippen LogP contribution >= 0.6 is 0 Å². The molecule has 2 saturated heterocycles. The van der Waals surface area contributed by atoms with Gasteiger partial charge in [-0.1, -0.05) is 0 Å². The Bertz CT molecular complexity index is 251. The second-order valence-corrected chi connectivity index (χ2v) is 5.03. The molecule has 2 N–H and O–H groups in total. The van der Waals surface area contributed by atoms with Gasteiger partial charge in [0.05, 0.1) is 0 Å². The molecule has 0 bridgehead atoms. The van der Waals surface area contributed by atoms with Crippen LogP contribution in [0.2, 0.25) is 0 Å². The second-order valence-electron chi connectivity index (χ2n) is 5.03. The summed E-state index contributed by atoms with van der Waals surface area (Å²) in [6.45, 7) is 5.78. The van der Waals surface area contributed by atoms with E-state index in [-0.39, 0.29) is 6.03 Å². The minimum Gasteiger partial charge on any atom is -0.336 e. The molecule has 2 fully saturated rings. The second kappa shape index (κ2) is 6.21. The van der Waals surface area contributed by atoms with E-state index in [0.29, 0.717) is 6.04 Å². The molecule has 5 nitrogen and oxygen atoms in total. The van der Waals surface area contributed by atoms with E-state index in [9.17, 15) is 4.79 Å². The number of nitrogens with one attached hydrogen (secondary N) is 2. The Labute approximate surface area is 104 Å². The molecule has 2 amide bonds. The molecule has 0 aromatic heterocycles. The van der Waals surface area contributed by atoms with E-state index in [1.807, 2.05) is 4.90 Å². The number of nitrogens with zero attached hydrogens (tertiary/aromatic N) is 2. The highest BCUT2D eigenvalue weighted by Gasteiger charge is 2.21. The summed E-state index contributed by atoms with van der Waals surface area (Å²) in [5.74, 6) is 0. The third-order valence-corrected chi connectivity index (χ3v) is 3.84. The Morgan fingerprint density at radius 3 is 3.00 bits per heavy atom. The van der Waals surface area contributed by atoms with Crippen molar-refractivity contribution in [2.24, 2.45) is 0 Å². The van der Waals surface area contributed by atoms with E-state index >= 15 is 0 Å². The summed E-state index contributed by atoms with van der Waals surface area (Å²) in [5.41, 5.74) is 0. The lowest BCUT2D eigenvalue weighted by Gasteiger charge is -2.28. The van der Waals surface area contributed by atoms with Gasteiger partial charge in [-0.15, -0.1) is 0 Å². The maximum atomic E-state index is 11.4. The zero-order valence-electron chi connectivity index (χ0n) is 10.7. The number of hydrogen-bond acceptors (Lipinski definition) is 3.